The molecule has 0 nitrogen and oxygen atoms in total. The monoisotopic (exact) mass is 726 g/mol. The predicted molar refractivity (Wildman–Crippen MR) is 222 cm³/mol. The van der Waals surface area contributed by atoms with Gasteiger partial charge in [-0.1, -0.05) is 175 Å². The Morgan fingerprint density at radius 2 is 0.907 bits per heavy atom. The van der Waals surface area contributed by atoms with Crippen molar-refractivity contribution in [2.75, 3.05) is 0 Å². The molecule has 0 fully saturated rings. The summed E-state index contributed by atoms with van der Waals surface area (Å²) in [5.41, 5.74) is 5.11. The van der Waals surface area contributed by atoms with E-state index in [2.05, 4.69) is 160 Å². The van der Waals surface area contributed by atoms with Crippen LogP contribution in [0, 0.1) is 5.41 Å². The molecule has 0 unspecified atom stereocenters. The summed E-state index contributed by atoms with van der Waals surface area (Å²) in [7, 11) is -9.27. The largest absolute Gasteiger partial charge is 0.148 e. The van der Waals surface area contributed by atoms with Gasteiger partial charge in [0.25, 0.3) is 0 Å². The van der Waals surface area contributed by atoms with E-state index in [1.807, 2.05) is 0 Å². The molecule has 250 valence electrons. The van der Waals surface area contributed by atoms with Crippen LogP contribution in [0.15, 0.2) is 12.1 Å². The van der Waals surface area contributed by atoms with Crippen LogP contribution in [0.3, 0.4) is 0 Å². The molecule has 0 aromatic heterocycles. The first-order valence-corrected chi connectivity index (χ1v) is 40.5. The van der Waals surface area contributed by atoms with Gasteiger partial charge in [-0.15, -0.1) is 11.1 Å². The predicted octanol–water partition coefficient (Wildman–Crippen LogP) is 12.5. The Balaban J connectivity index is 4.84. The molecule has 0 atom stereocenters. The van der Waals surface area contributed by atoms with Crippen molar-refractivity contribution in [2.45, 2.75) is 181 Å². The Kier molecular flexibility index (Phi) is 13.9. The van der Waals surface area contributed by atoms with Crippen molar-refractivity contribution in [2.24, 2.45) is 5.41 Å². The highest BCUT2D eigenvalue weighted by molar-refractivity contribution is 7.63. The zero-order chi connectivity index (χ0) is 34.5. The number of hydrogen-bond donors (Lipinski definition) is 0. The molecule has 0 spiro atoms. The fourth-order valence-electron chi connectivity index (χ4n) is 10.1. The van der Waals surface area contributed by atoms with Crippen LogP contribution in [0.1, 0.15) is 96.8 Å². The third-order valence-electron chi connectivity index (χ3n) is 9.56. The molecule has 0 aliphatic heterocycles. The standard InChI is InChI=1S/C35H75ClSi7/c1-26(2)29-23-30(27(3)4)32(31(24-29)28(5)6)37(10)38(36)43(25-35(7,8)9,33(39(11,12)13)40(14,15)16)34(41(17,18)19)42(20,21)22/h23-24,26-28,33-34H,25H2,1-22H3. The summed E-state index contributed by atoms with van der Waals surface area (Å²) < 4.78 is 0. The van der Waals surface area contributed by atoms with Gasteiger partial charge in [0.1, 0.15) is 0 Å². The van der Waals surface area contributed by atoms with E-state index in [0.717, 1.165) is 9.58 Å². The molecule has 0 aliphatic carbocycles. The van der Waals surface area contributed by atoms with Gasteiger partial charge in [0.2, 0.25) is 0 Å². The molecule has 1 rings (SSSR count). The first kappa shape index (κ1) is 42.1. The summed E-state index contributed by atoms with van der Waals surface area (Å²) in [6, 6.07) is 6.68. The summed E-state index contributed by atoms with van der Waals surface area (Å²) in [5, 5.41) is 1.77. The van der Waals surface area contributed by atoms with Gasteiger partial charge in [-0.2, -0.15) is 0 Å². The maximum absolute atomic E-state index is 8.76. The molecule has 0 amide bonds. The lowest BCUT2D eigenvalue weighted by Crippen LogP contribution is -2.74. The highest BCUT2D eigenvalue weighted by Crippen LogP contribution is 2.56. The second-order valence-electron chi connectivity index (χ2n) is 20.6. The van der Waals surface area contributed by atoms with Gasteiger partial charge >= 0.3 is 0 Å². The normalized spacial score (nSPS) is 15.4. The zero-order valence-corrected chi connectivity index (χ0v) is 40.9. The third-order valence-corrected chi connectivity index (χ3v) is 74.2. The highest BCUT2D eigenvalue weighted by Gasteiger charge is 2.64. The minimum atomic E-state index is -2.07. The van der Waals surface area contributed by atoms with Gasteiger partial charge in [-0.3, -0.25) is 0 Å². The third kappa shape index (κ3) is 10.0. The van der Waals surface area contributed by atoms with E-state index in [4.69, 9.17) is 11.1 Å². The molecular weight excluding hydrogens is 652 g/mol. The molecular formula is C35H75ClSi7. The van der Waals surface area contributed by atoms with E-state index in [-0.39, 0.29) is 0 Å². The SMILES string of the molecule is CC(C)c1cc(C(C)C)c([Si](C)=[Si](Cl)[Si](CC(C)(C)C)(C([Si](C)(C)C)[Si](C)(C)C)C([Si](C)(C)C)[Si](C)(C)C)c(C(C)C)c1. The molecule has 0 heterocycles. The maximum Gasteiger partial charge on any atom is 0.0928 e. The minimum Gasteiger partial charge on any atom is -0.148 e. The van der Waals surface area contributed by atoms with Crippen LogP contribution in [-0.4, -0.2) is 54.5 Å². The van der Waals surface area contributed by atoms with Crippen LogP contribution in [0.4, 0.5) is 0 Å². The van der Waals surface area contributed by atoms with Crippen LogP contribution < -0.4 is 5.19 Å². The van der Waals surface area contributed by atoms with Crippen LogP contribution >= 0.6 is 11.1 Å². The van der Waals surface area contributed by atoms with Crippen molar-refractivity contribution in [3.63, 3.8) is 0 Å². The van der Waals surface area contributed by atoms with Crippen molar-refractivity contribution >= 4 is 70.8 Å². The Bertz CT molecular complexity index is 1040. The quantitative estimate of drug-likeness (QED) is 0.149. The molecule has 1 aromatic carbocycles. The lowest BCUT2D eigenvalue weighted by atomic mass is 9.89. The first-order chi connectivity index (χ1) is 18.8. The van der Waals surface area contributed by atoms with Crippen molar-refractivity contribution in [1.29, 1.82) is 0 Å². The fraction of sp³-hybridized carbons (Fsp3) is 0.829. The molecule has 0 N–H and O–H groups in total. The first-order valence-electron chi connectivity index (χ1n) is 17.4. The smallest absolute Gasteiger partial charge is 0.0928 e. The van der Waals surface area contributed by atoms with E-state index >= 15 is 0 Å². The molecule has 0 aliphatic rings. The summed E-state index contributed by atoms with van der Waals surface area (Å²) in [6.45, 7) is 57.0. The number of hydrogen-bond acceptors (Lipinski definition) is 0. The Morgan fingerprint density at radius 1 is 0.605 bits per heavy atom. The van der Waals surface area contributed by atoms with E-state index in [1.165, 1.54) is 11.6 Å². The average molecular weight is 728 g/mol. The van der Waals surface area contributed by atoms with Gasteiger partial charge in [-0.05, 0) is 45.0 Å². The highest BCUT2D eigenvalue weighted by atomic mass is 35.6. The van der Waals surface area contributed by atoms with Crippen LogP contribution in [0.2, 0.25) is 101 Å². The van der Waals surface area contributed by atoms with Crippen molar-refractivity contribution in [1.82, 2.24) is 0 Å². The second-order valence-corrected chi connectivity index (χ2v) is 63.8. The number of halogens is 1. The number of benzene rings is 1. The second kappa shape index (κ2) is 14.3. The van der Waals surface area contributed by atoms with Gasteiger partial charge < -0.3 is 0 Å². The molecule has 0 radical (unpaired) electrons. The number of rotatable bonds is 12. The zero-order valence-electron chi connectivity index (χ0n) is 33.1. The van der Waals surface area contributed by atoms with E-state index in [0.29, 0.717) is 23.2 Å². The van der Waals surface area contributed by atoms with Crippen molar-refractivity contribution in [3.05, 3.63) is 28.8 Å². The Morgan fingerprint density at radius 3 is 1.12 bits per heavy atom. The summed E-state index contributed by atoms with van der Waals surface area (Å²) >= 11 is 8.76. The topological polar surface area (TPSA) is 0 Å². The van der Waals surface area contributed by atoms with Crippen molar-refractivity contribution < 1.29 is 0 Å². The minimum absolute atomic E-state index is 0.303. The van der Waals surface area contributed by atoms with Gasteiger partial charge in [0.15, 0.2) is 0 Å². The Labute approximate surface area is 284 Å². The summed E-state index contributed by atoms with van der Waals surface area (Å²) in [5.74, 6) is 1.62. The molecule has 8 heteroatoms. The van der Waals surface area contributed by atoms with Crippen LogP contribution in [-0.2, 0) is 0 Å². The van der Waals surface area contributed by atoms with Crippen LogP contribution in [0.25, 0.3) is 0 Å². The Hall–Kier alpha value is 1.03. The fourth-order valence-corrected chi connectivity index (χ4v) is 117. The summed E-state index contributed by atoms with van der Waals surface area (Å²) in [4.78, 5) is 1.89. The molecule has 0 bridgehead atoms. The molecule has 43 heavy (non-hydrogen) atoms. The van der Waals surface area contributed by atoms with Crippen molar-refractivity contribution in [3.8, 4) is 0 Å². The van der Waals surface area contributed by atoms with Gasteiger partial charge in [0, 0.05) is 40.2 Å². The maximum atomic E-state index is 8.76. The molecule has 1 aromatic rings. The lowest BCUT2D eigenvalue weighted by molar-refractivity contribution is 0.461. The lowest BCUT2D eigenvalue weighted by Gasteiger charge is -2.61. The van der Waals surface area contributed by atoms with E-state index in [9.17, 15) is 0 Å². The van der Waals surface area contributed by atoms with Gasteiger partial charge in [-0.25, -0.2) is 0 Å². The average Bonchev–Trinajstić information content (AvgIpc) is 2.71. The van der Waals surface area contributed by atoms with Gasteiger partial charge in [0.05, 0.1) is 14.3 Å². The van der Waals surface area contributed by atoms with Crippen LogP contribution in [0.5, 0.6) is 0 Å². The van der Waals surface area contributed by atoms with E-state index < -0.39 is 54.5 Å². The summed E-state index contributed by atoms with van der Waals surface area (Å²) in [6.07, 6.45) is 0. The molecule has 0 saturated heterocycles. The molecule has 0 saturated carbocycles. The van der Waals surface area contributed by atoms with E-state index in [1.54, 1.807) is 16.3 Å².